The smallest absolute Gasteiger partial charge is 0.314 e. The molecule has 0 aliphatic heterocycles. The van der Waals surface area contributed by atoms with Gasteiger partial charge in [-0.2, -0.15) is 4.76 Å². The highest BCUT2D eigenvalue weighted by Gasteiger charge is 2.14. The second kappa shape index (κ2) is 5.10. The summed E-state index contributed by atoms with van der Waals surface area (Å²) in [5.74, 6) is 0.322. The van der Waals surface area contributed by atoms with Crippen molar-refractivity contribution in [2.24, 2.45) is 4.76 Å². The molecule has 82 valence electrons. The fourth-order valence-electron chi connectivity index (χ4n) is 1.00. The molecular weight excluding hydrogens is 213 g/mol. The van der Waals surface area contributed by atoms with Crippen molar-refractivity contribution in [3.63, 3.8) is 0 Å². The molecule has 15 heavy (non-hydrogen) atoms. The number of ether oxygens (including phenoxy) is 1. The molecule has 1 unspecified atom stereocenters. The fourth-order valence-corrected chi connectivity index (χ4v) is 1.61. The summed E-state index contributed by atoms with van der Waals surface area (Å²) in [6.07, 6.45) is 0. The number of methoxy groups -OCH3 is 1. The number of nitrogens with zero attached hydrogens (tertiary/aromatic N) is 1. The quantitative estimate of drug-likeness (QED) is 0.453. The highest BCUT2D eigenvalue weighted by atomic mass is 31.2. The van der Waals surface area contributed by atoms with Gasteiger partial charge in [0.15, 0.2) is 0 Å². The maximum absolute atomic E-state index is 11.6. The Hall–Kier alpha value is -1.12. The van der Waals surface area contributed by atoms with Crippen LogP contribution in [0.25, 0.3) is 0 Å². The summed E-state index contributed by atoms with van der Waals surface area (Å²) in [5, 5.41) is 0. The molecule has 0 saturated heterocycles. The van der Waals surface area contributed by atoms with Crippen molar-refractivity contribution in [2.45, 2.75) is 0 Å². The number of hydrogen-bond donors (Lipinski definition) is 0. The molecule has 1 atom stereocenters. The average molecular weight is 227 g/mol. The van der Waals surface area contributed by atoms with E-state index in [1.54, 1.807) is 0 Å². The number of rotatable bonds is 3. The molecule has 0 N–H and O–H groups in total. The monoisotopic (exact) mass is 227 g/mol. The summed E-state index contributed by atoms with van der Waals surface area (Å²) in [6.45, 7) is 1.44. The van der Waals surface area contributed by atoms with Crippen LogP contribution in [0.2, 0.25) is 0 Å². The molecule has 0 radical (unpaired) electrons. The maximum atomic E-state index is 11.6. The van der Waals surface area contributed by atoms with Gasteiger partial charge in [0.05, 0.1) is 7.11 Å². The van der Waals surface area contributed by atoms with Crippen LogP contribution in [0.5, 0.6) is 0 Å². The zero-order chi connectivity index (χ0) is 11.3. The average Bonchev–Trinajstić information content (AvgIpc) is 2.27. The fraction of sp³-hybridized carbons (Fsp3) is 0.300. The predicted octanol–water partition coefficient (Wildman–Crippen LogP) is 2.55. The molecule has 0 amide bonds. The van der Waals surface area contributed by atoms with Gasteiger partial charge in [-0.15, -0.1) is 0 Å². The normalized spacial score (nSPS) is 15.8. The Morgan fingerprint density at radius 3 is 2.33 bits per heavy atom. The Balaban J connectivity index is 3.05. The third-order valence-corrected chi connectivity index (χ3v) is 3.05. The van der Waals surface area contributed by atoms with Crippen molar-refractivity contribution in [2.75, 3.05) is 20.9 Å². The van der Waals surface area contributed by atoms with Gasteiger partial charge in [-0.3, -0.25) is 4.57 Å². The topological polar surface area (TPSA) is 47.9 Å². The van der Waals surface area contributed by atoms with E-state index in [1.165, 1.54) is 20.9 Å². The minimum Gasteiger partial charge on any atom is -0.481 e. The molecule has 1 aromatic rings. The largest absolute Gasteiger partial charge is 0.481 e. The molecule has 1 aromatic carbocycles. The third-order valence-electron chi connectivity index (χ3n) is 1.83. The minimum atomic E-state index is -2.95. The molecule has 0 heterocycles. The van der Waals surface area contributed by atoms with E-state index in [9.17, 15) is 4.57 Å². The standard InChI is InChI=1S/C10H14NO3P/c1-13-10(11-15(3,12)14-2)9-7-5-4-6-8-9/h4-8H,1-3H3/b11-10+. The van der Waals surface area contributed by atoms with Gasteiger partial charge in [0, 0.05) is 19.3 Å². The Bertz CT molecular complexity index is 389. The molecule has 4 nitrogen and oxygen atoms in total. The van der Waals surface area contributed by atoms with E-state index in [2.05, 4.69) is 4.76 Å². The molecule has 0 saturated carbocycles. The van der Waals surface area contributed by atoms with Crippen molar-refractivity contribution in [1.82, 2.24) is 0 Å². The van der Waals surface area contributed by atoms with Crippen LogP contribution in [0.15, 0.2) is 35.1 Å². The van der Waals surface area contributed by atoms with Crippen LogP contribution in [0.3, 0.4) is 0 Å². The van der Waals surface area contributed by atoms with Crippen LogP contribution >= 0.6 is 7.52 Å². The van der Waals surface area contributed by atoms with Gasteiger partial charge in [0.1, 0.15) is 0 Å². The molecule has 0 aliphatic rings. The highest BCUT2D eigenvalue weighted by molar-refractivity contribution is 7.56. The summed E-state index contributed by atoms with van der Waals surface area (Å²) in [6, 6.07) is 9.27. The highest BCUT2D eigenvalue weighted by Crippen LogP contribution is 2.43. The van der Waals surface area contributed by atoms with E-state index in [0.29, 0.717) is 5.90 Å². The molecule has 0 aromatic heterocycles. The Morgan fingerprint density at radius 1 is 1.27 bits per heavy atom. The Kier molecular flexibility index (Phi) is 4.06. The van der Waals surface area contributed by atoms with Gasteiger partial charge in [-0.05, 0) is 12.1 Å². The van der Waals surface area contributed by atoms with Gasteiger partial charge >= 0.3 is 7.52 Å². The van der Waals surface area contributed by atoms with Crippen LogP contribution in [0.1, 0.15) is 5.56 Å². The van der Waals surface area contributed by atoms with E-state index < -0.39 is 7.52 Å². The van der Waals surface area contributed by atoms with Crippen molar-refractivity contribution in [3.8, 4) is 0 Å². The molecule has 0 fully saturated rings. The van der Waals surface area contributed by atoms with E-state index >= 15 is 0 Å². The van der Waals surface area contributed by atoms with E-state index in [4.69, 9.17) is 9.26 Å². The van der Waals surface area contributed by atoms with Crippen LogP contribution in [-0.4, -0.2) is 26.8 Å². The van der Waals surface area contributed by atoms with Gasteiger partial charge in [-0.1, -0.05) is 18.2 Å². The maximum Gasteiger partial charge on any atom is 0.314 e. The van der Waals surface area contributed by atoms with Crippen molar-refractivity contribution < 1.29 is 13.8 Å². The SMILES string of the molecule is CO/C(=N/P(C)(=O)OC)c1ccccc1. The summed E-state index contributed by atoms with van der Waals surface area (Å²) >= 11 is 0. The molecule has 0 aliphatic carbocycles. The number of benzene rings is 1. The van der Waals surface area contributed by atoms with E-state index in [-0.39, 0.29) is 0 Å². The van der Waals surface area contributed by atoms with Crippen LogP contribution in [0.4, 0.5) is 0 Å². The summed E-state index contributed by atoms with van der Waals surface area (Å²) in [4.78, 5) is 0. The first-order chi connectivity index (χ1) is 7.09. The lowest BCUT2D eigenvalue weighted by molar-refractivity contribution is 0.388. The first-order valence-corrected chi connectivity index (χ1v) is 6.44. The van der Waals surface area contributed by atoms with Gasteiger partial charge in [-0.25, -0.2) is 0 Å². The second-order valence-corrected chi connectivity index (χ2v) is 5.13. The van der Waals surface area contributed by atoms with Gasteiger partial charge in [0.2, 0.25) is 5.90 Å². The molecular formula is C10H14NO3P. The van der Waals surface area contributed by atoms with Crippen LogP contribution < -0.4 is 0 Å². The molecule has 0 spiro atoms. The Labute approximate surface area is 89.4 Å². The number of hydrogen-bond acceptors (Lipinski definition) is 3. The van der Waals surface area contributed by atoms with E-state index in [0.717, 1.165) is 5.56 Å². The minimum absolute atomic E-state index is 0.322. The first kappa shape index (κ1) is 12.0. The first-order valence-electron chi connectivity index (χ1n) is 4.42. The second-order valence-electron chi connectivity index (χ2n) is 2.96. The lowest BCUT2D eigenvalue weighted by Crippen LogP contribution is -2.03. The van der Waals surface area contributed by atoms with Crippen molar-refractivity contribution >= 4 is 13.4 Å². The summed E-state index contributed by atoms with van der Waals surface area (Å²) in [7, 11) is -0.0973. The van der Waals surface area contributed by atoms with Gasteiger partial charge < -0.3 is 9.26 Å². The van der Waals surface area contributed by atoms with Crippen molar-refractivity contribution in [1.29, 1.82) is 0 Å². The zero-order valence-electron chi connectivity index (χ0n) is 9.01. The lowest BCUT2D eigenvalue weighted by atomic mass is 10.2. The lowest BCUT2D eigenvalue weighted by Gasteiger charge is -2.08. The molecule has 0 bridgehead atoms. The summed E-state index contributed by atoms with van der Waals surface area (Å²) < 4.78 is 25.4. The van der Waals surface area contributed by atoms with Gasteiger partial charge in [0.25, 0.3) is 0 Å². The molecule has 5 heteroatoms. The Morgan fingerprint density at radius 2 is 1.87 bits per heavy atom. The van der Waals surface area contributed by atoms with E-state index in [1.807, 2.05) is 30.3 Å². The molecule has 1 rings (SSSR count). The van der Waals surface area contributed by atoms with Crippen molar-refractivity contribution in [3.05, 3.63) is 35.9 Å². The van der Waals surface area contributed by atoms with Crippen LogP contribution in [0, 0.1) is 0 Å². The third kappa shape index (κ3) is 3.50. The predicted molar refractivity (Wildman–Crippen MR) is 60.5 cm³/mol. The zero-order valence-corrected chi connectivity index (χ0v) is 9.90. The summed E-state index contributed by atoms with van der Waals surface area (Å²) in [5.41, 5.74) is 0.777. The van der Waals surface area contributed by atoms with Crippen LogP contribution in [-0.2, 0) is 13.8 Å².